The number of aliphatic imine (C=N–C) groups is 1. The van der Waals surface area contributed by atoms with E-state index in [1.165, 1.54) is 49.7 Å². The molecule has 0 atom stereocenters. The second kappa shape index (κ2) is 7.66. The average molecular weight is 413 g/mol. The van der Waals surface area contributed by atoms with Crippen molar-refractivity contribution in [3.05, 3.63) is 35.4 Å². The van der Waals surface area contributed by atoms with Gasteiger partial charge in [-0.05, 0) is 43.7 Å². The Balaban J connectivity index is 0.00000176. The number of rotatable bonds is 4. The van der Waals surface area contributed by atoms with Crippen molar-refractivity contribution in [1.82, 2.24) is 10.6 Å². The third kappa shape index (κ3) is 3.94. The molecule has 0 unspecified atom stereocenters. The van der Waals surface area contributed by atoms with Gasteiger partial charge in [-0.1, -0.05) is 37.1 Å². The summed E-state index contributed by atoms with van der Waals surface area (Å²) in [4.78, 5) is 4.39. The minimum absolute atomic E-state index is 0. The first-order valence-electron chi connectivity index (χ1n) is 8.27. The Kier molecular flexibility index (Phi) is 6.12. The molecule has 0 bridgehead atoms. The fraction of sp³-hybridized carbons (Fsp3) is 0.611. The molecule has 0 radical (unpaired) electrons. The van der Waals surface area contributed by atoms with E-state index in [1.54, 1.807) is 0 Å². The van der Waals surface area contributed by atoms with Crippen molar-refractivity contribution in [2.24, 2.45) is 4.99 Å². The van der Waals surface area contributed by atoms with Gasteiger partial charge in [-0.15, -0.1) is 24.0 Å². The van der Waals surface area contributed by atoms with Crippen LogP contribution in [0.5, 0.6) is 0 Å². The Morgan fingerprint density at radius 3 is 2.50 bits per heavy atom. The fourth-order valence-electron chi connectivity index (χ4n) is 3.57. The zero-order valence-corrected chi connectivity index (χ0v) is 16.0. The van der Waals surface area contributed by atoms with Crippen LogP contribution >= 0.6 is 24.0 Å². The second-order valence-electron chi connectivity index (χ2n) is 6.65. The van der Waals surface area contributed by atoms with Crippen LogP contribution in [0, 0.1) is 6.92 Å². The zero-order valence-electron chi connectivity index (χ0n) is 13.7. The molecule has 0 saturated heterocycles. The summed E-state index contributed by atoms with van der Waals surface area (Å²) < 4.78 is 0. The third-order valence-corrected chi connectivity index (χ3v) is 5.08. The van der Waals surface area contributed by atoms with E-state index < -0.39 is 0 Å². The average Bonchev–Trinajstić information content (AvgIpc) is 3.11. The number of hydrogen-bond acceptors (Lipinski definition) is 1. The molecule has 3 nitrogen and oxygen atoms in total. The van der Waals surface area contributed by atoms with Gasteiger partial charge in [-0.2, -0.15) is 0 Å². The van der Waals surface area contributed by atoms with Crippen molar-refractivity contribution < 1.29 is 0 Å². The van der Waals surface area contributed by atoms with Crippen LogP contribution in [0.3, 0.4) is 0 Å². The molecule has 2 fully saturated rings. The normalized spacial score (nSPS) is 20.4. The number of nitrogens with one attached hydrogen (secondary N) is 2. The number of aryl methyl sites for hydroxylation is 1. The topological polar surface area (TPSA) is 36.4 Å². The van der Waals surface area contributed by atoms with Gasteiger partial charge < -0.3 is 10.6 Å². The molecule has 0 aliphatic heterocycles. The van der Waals surface area contributed by atoms with Crippen LogP contribution in [0.4, 0.5) is 0 Å². The molecule has 3 rings (SSSR count). The maximum absolute atomic E-state index is 4.39. The monoisotopic (exact) mass is 413 g/mol. The Morgan fingerprint density at radius 2 is 1.91 bits per heavy atom. The summed E-state index contributed by atoms with van der Waals surface area (Å²) in [6, 6.07) is 9.42. The van der Waals surface area contributed by atoms with E-state index in [4.69, 9.17) is 0 Å². The number of nitrogens with zero attached hydrogens (tertiary/aromatic N) is 1. The first-order valence-corrected chi connectivity index (χ1v) is 8.27. The predicted molar refractivity (Wildman–Crippen MR) is 104 cm³/mol. The highest BCUT2D eigenvalue weighted by Gasteiger charge is 2.44. The van der Waals surface area contributed by atoms with Gasteiger partial charge in [0.05, 0.1) is 0 Å². The minimum Gasteiger partial charge on any atom is -0.356 e. The van der Waals surface area contributed by atoms with Crippen LogP contribution in [0.15, 0.2) is 29.3 Å². The van der Waals surface area contributed by atoms with Gasteiger partial charge >= 0.3 is 0 Å². The molecule has 2 saturated carbocycles. The highest BCUT2D eigenvalue weighted by molar-refractivity contribution is 14.0. The van der Waals surface area contributed by atoms with Gasteiger partial charge in [-0.3, -0.25) is 4.99 Å². The van der Waals surface area contributed by atoms with Gasteiger partial charge in [-0.25, -0.2) is 0 Å². The highest BCUT2D eigenvalue weighted by atomic mass is 127. The van der Waals surface area contributed by atoms with Crippen LogP contribution in [0.1, 0.15) is 49.7 Å². The summed E-state index contributed by atoms with van der Waals surface area (Å²) in [7, 11) is 1.87. The van der Waals surface area contributed by atoms with Gasteiger partial charge in [0.2, 0.25) is 0 Å². The van der Waals surface area contributed by atoms with Gasteiger partial charge in [0.1, 0.15) is 0 Å². The van der Waals surface area contributed by atoms with Gasteiger partial charge in [0, 0.05) is 25.0 Å². The number of guanidine groups is 1. The largest absolute Gasteiger partial charge is 0.356 e. The van der Waals surface area contributed by atoms with Crippen LogP contribution in [0.25, 0.3) is 0 Å². The van der Waals surface area contributed by atoms with Crippen molar-refractivity contribution in [1.29, 1.82) is 0 Å². The van der Waals surface area contributed by atoms with Crippen molar-refractivity contribution in [2.45, 2.75) is 56.9 Å². The molecule has 2 aliphatic rings. The highest BCUT2D eigenvalue weighted by Crippen LogP contribution is 2.48. The quantitative estimate of drug-likeness (QED) is 0.448. The Labute approximate surface area is 151 Å². The Morgan fingerprint density at radius 1 is 1.23 bits per heavy atom. The summed E-state index contributed by atoms with van der Waals surface area (Å²) in [5.74, 6) is 0.974. The molecule has 22 heavy (non-hydrogen) atoms. The van der Waals surface area contributed by atoms with Crippen molar-refractivity contribution in [2.75, 3.05) is 13.6 Å². The first kappa shape index (κ1) is 17.6. The Hall–Kier alpha value is -0.780. The summed E-state index contributed by atoms with van der Waals surface area (Å²) in [6.45, 7) is 3.21. The molecular weight excluding hydrogens is 385 g/mol. The second-order valence-corrected chi connectivity index (χ2v) is 6.65. The summed E-state index contributed by atoms with van der Waals surface area (Å²) in [5, 5.41) is 7.13. The zero-order chi connectivity index (χ0) is 14.7. The van der Waals surface area contributed by atoms with Crippen LogP contribution in [-0.4, -0.2) is 25.6 Å². The molecule has 122 valence electrons. The van der Waals surface area contributed by atoms with E-state index >= 15 is 0 Å². The molecule has 1 aromatic carbocycles. The SMILES string of the molecule is CN=C(NCC1(c2ccccc2C)CC1)NC1CCCC1.I. The van der Waals surface area contributed by atoms with Crippen molar-refractivity contribution in [3.63, 3.8) is 0 Å². The molecule has 0 aromatic heterocycles. The lowest BCUT2D eigenvalue weighted by molar-refractivity contribution is 0.593. The predicted octanol–water partition coefficient (Wildman–Crippen LogP) is 3.75. The summed E-state index contributed by atoms with van der Waals surface area (Å²) >= 11 is 0. The fourth-order valence-corrected chi connectivity index (χ4v) is 3.57. The van der Waals surface area contributed by atoms with E-state index in [-0.39, 0.29) is 24.0 Å². The maximum Gasteiger partial charge on any atom is 0.191 e. The van der Waals surface area contributed by atoms with Crippen LogP contribution in [-0.2, 0) is 5.41 Å². The lowest BCUT2D eigenvalue weighted by atomic mass is 9.92. The molecule has 0 heterocycles. The van der Waals surface area contributed by atoms with E-state index in [1.807, 2.05) is 7.05 Å². The van der Waals surface area contributed by atoms with E-state index in [2.05, 4.69) is 46.8 Å². The molecule has 0 amide bonds. The minimum atomic E-state index is 0. The van der Waals surface area contributed by atoms with Gasteiger partial charge in [0.25, 0.3) is 0 Å². The van der Waals surface area contributed by atoms with E-state index in [0.29, 0.717) is 11.5 Å². The number of halogens is 1. The third-order valence-electron chi connectivity index (χ3n) is 5.08. The summed E-state index contributed by atoms with van der Waals surface area (Å²) in [5.41, 5.74) is 3.25. The van der Waals surface area contributed by atoms with Crippen molar-refractivity contribution in [3.8, 4) is 0 Å². The van der Waals surface area contributed by atoms with Gasteiger partial charge in [0.15, 0.2) is 5.96 Å². The summed E-state index contributed by atoms with van der Waals surface area (Å²) in [6.07, 6.45) is 7.83. The Bertz CT molecular complexity index is 517. The molecular formula is C18H28IN3. The van der Waals surface area contributed by atoms with Crippen molar-refractivity contribution >= 4 is 29.9 Å². The molecule has 2 aliphatic carbocycles. The smallest absolute Gasteiger partial charge is 0.191 e. The first-order chi connectivity index (χ1) is 10.2. The lowest BCUT2D eigenvalue weighted by Crippen LogP contribution is -2.45. The number of hydrogen-bond donors (Lipinski definition) is 2. The van der Waals surface area contributed by atoms with E-state index in [0.717, 1.165) is 12.5 Å². The molecule has 0 spiro atoms. The molecule has 2 N–H and O–H groups in total. The standard InChI is InChI=1S/C18H27N3.HI/c1-14-7-3-6-10-16(14)18(11-12-18)13-20-17(19-2)21-15-8-4-5-9-15;/h3,6-7,10,15H,4-5,8-9,11-13H2,1-2H3,(H2,19,20,21);1H. The lowest BCUT2D eigenvalue weighted by Gasteiger charge is -2.22. The van der Waals surface area contributed by atoms with E-state index in [9.17, 15) is 0 Å². The maximum atomic E-state index is 4.39. The van der Waals surface area contributed by atoms with Crippen LogP contribution < -0.4 is 10.6 Å². The molecule has 4 heteroatoms. The molecule has 1 aromatic rings. The van der Waals surface area contributed by atoms with Crippen LogP contribution in [0.2, 0.25) is 0 Å². The number of benzene rings is 1.